The summed E-state index contributed by atoms with van der Waals surface area (Å²) in [5.41, 5.74) is 10.3. The molecule has 4 aromatic rings. The van der Waals surface area contributed by atoms with Crippen molar-refractivity contribution >= 4 is 10.9 Å². The predicted octanol–water partition coefficient (Wildman–Crippen LogP) is 5.22. The van der Waals surface area contributed by atoms with Crippen LogP contribution >= 0.6 is 0 Å². The second-order valence-electron chi connectivity index (χ2n) is 8.43. The van der Waals surface area contributed by atoms with Gasteiger partial charge in [0.1, 0.15) is 5.69 Å². The van der Waals surface area contributed by atoms with E-state index >= 15 is 0 Å². The smallest absolute Gasteiger partial charge is 0.157 e. The molecule has 0 unspecified atom stereocenters. The number of hydrogen-bond acceptors (Lipinski definition) is 0. The van der Waals surface area contributed by atoms with E-state index in [9.17, 15) is 0 Å². The van der Waals surface area contributed by atoms with E-state index in [0.717, 1.165) is 0 Å². The molecule has 4 rings (SSSR count). The van der Waals surface area contributed by atoms with Crippen LogP contribution in [0.5, 0.6) is 0 Å². The zero-order chi connectivity index (χ0) is 20.9. The summed E-state index contributed by atoms with van der Waals surface area (Å²) in [4.78, 5) is 0. The first-order valence-corrected chi connectivity index (χ1v) is 10.4. The molecule has 0 fully saturated rings. The first-order chi connectivity index (χ1) is 13.8. The molecule has 0 N–H and O–H groups in total. The van der Waals surface area contributed by atoms with Crippen LogP contribution in [0.2, 0.25) is 0 Å². The van der Waals surface area contributed by atoms with Gasteiger partial charge in [-0.25, -0.2) is 0 Å². The molecule has 0 atom stereocenters. The van der Waals surface area contributed by atoms with Gasteiger partial charge in [0.2, 0.25) is 11.2 Å². The van der Waals surface area contributed by atoms with Crippen molar-refractivity contribution in [2.75, 3.05) is 0 Å². The predicted molar refractivity (Wildman–Crippen MR) is 119 cm³/mol. The number of para-hydroxylation sites is 1. The first kappa shape index (κ1) is 19.4. The lowest BCUT2D eigenvalue weighted by Crippen LogP contribution is -2.43. The third-order valence-corrected chi connectivity index (χ3v) is 6.05. The van der Waals surface area contributed by atoms with Crippen LogP contribution < -0.4 is 9.25 Å². The van der Waals surface area contributed by atoms with Crippen molar-refractivity contribution in [2.45, 2.75) is 47.6 Å². The summed E-state index contributed by atoms with van der Waals surface area (Å²) < 4.78 is 6.98. The standard InChI is InChI=1S/C26H31N3/c1-17(2)28-15-14-24(27(28)7)25-18(3)16-19(4)26(21(25)6)29-20(5)12-13-22-10-8-9-11-23(22)29/h8-17H,1-7H3/q+2. The van der Waals surface area contributed by atoms with Gasteiger partial charge in [0.05, 0.1) is 7.05 Å². The van der Waals surface area contributed by atoms with Gasteiger partial charge in [-0.2, -0.15) is 9.25 Å². The van der Waals surface area contributed by atoms with Crippen LogP contribution in [0, 0.1) is 27.7 Å². The molecule has 0 amide bonds. The molecule has 0 aliphatic carbocycles. The van der Waals surface area contributed by atoms with Gasteiger partial charge in [-0.15, -0.1) is 4.68 Å². The molecule has 0 radical (unpaired) electrons. The third kappa shape index (κ3) is 3.05. The molecule has 148 valence electrons. The molecule has 2 aromatic carbocycles. The third-order valence-electron chi connectivity index (χ3n) is 6.05. The Bertz CT molecular complexity index is 1230. The topological polar surface area (TPSA) is 12.7 Å². The lowest BCUT2D eigenvalue weighted by atomic mass is 9.94. The van der Waals surface area contributed by atoms with Crippen LogP contribution in [-0.2, 0) is 7.05 Å². The highest BCUT2D eigenvalue weighted by molar-refractivity contribution is 5.77. The van der Waals surface area contributed by atoms with Gasteiger partial charge in [0.15, 0.2) is 17.9 Å². The van der Waals surface area contributed by atoms with Crippen LogP contribution in [-0.4, -0.2) is 4.68 Å². The molecular formula is C26H31N3+2. The SMILES string of the molecule is Cc1cc(C)c(-[n+]2c(C)ccc3ccccc32)c(C)c1-c1cc[n+](C(C)C)n1C. The number of rotatable bonds is 3. The number of pyridine rings is 1. The molecule has 3 heteroatoms. The van der Waals surface area contributed by atoms with E-state index in [-0.39, 0.29) is 0 Å². The molecule has 3 nitrogen and oxygen atoms in total. The number of hydrogen-bond donors (Lipinski definition) is 0. The van der Waals surface area contributed by atoms with Crippen molar-refractivity contribution in [3.8, 4) is 16.9 Å². The van der Waals surface area contributed by atoms with Crippen molar-refractivity contribution in [1.82, 2.24) is 4.68 Å². The van der Waals surface area contributed by atoms with Crippen LogP contribution in [0.3, 0.4) is 0 Å². The minimum atomic E-state index is 0.425. The van der Waals surface area contributed by atoms with E-state index in [0.29, 0.717) is 6.04 Å². The van der Waals surface area contributed by atoms with E-state index in [4.69, 9.17) is 0 Å². The monoisotopic (exact) mass is 385 g/mol. The van der Waals surface area contributed by atoms with Crippen molar-refractivity contribution in [2.24, 2.45) is 7.05 Å². The van der Waals surface area contributed by atoms with Gasteiger partial charge >= 0.3 is 0 Å². The summed E-state index contributed by atoms with van der Waals surface area (Å²) in [5, 5.41) is 1.26. The van der Waals surface area contributed by atoms with Crippen LogP contribution in [0.1, 0.15) is 42.3 Å². The van der Waals surface area contributed by atoms with E-state index < -0.39 is 0 Å². The van der Waals surface area contributed by atoms with Crippen molar-refractivity contribution in [3.05, 3.63) is 77.1 Å². The van der Waals surface area contributed by atoms with Gasteiger partial charge in [-0.1, -0.05) is 12.1 Å². The van der Waals surface area contributed by atoms with Crippen molar-refractivity contribution in [1.29, 1.82) is 0 Å². The highest BCUT2D eigenvalue weighted by atomic mass is 15.4. The molecule has 0 aliphatic rings. The average molecular weight is 386 g/mol. The Morgan fingerprint density at radius 2 is 1.59 bits per heavy atom. The van der Waals surface area contributed by atoms with E-state index in [1.165, 1.54) is 50.2 Å². The molecule has 2 heterocycles. The Morgan fingerprint density at radius 1 is 0.862 bits per heavy atom. The molecule has 0 saturated heterocycles. The number of fused-ring (bicyclic) bond motifs is 1. The Balaban J connectivity index is 2.06. The lowest BCUT2D eigenvalue weighted by Gasteiger charge is -2.15. The van der Waals surface area contributed by atoms with Gasteiger partial charge < -0.3 is 0 Å². The highest BCUT2D eigenvalue weighted by Crippen LogP contribution is 2.32. The maximum Gasteiger partial charge on any atom is 0.218 e. The second kappa shape index (κ2) is 7.14. The summed E-state index contributed by atoms with van der Waals surface area (Å²) in [6, 6.07) is 18.1. The maximum atomic E-state index is 2.42. The Hall–Kier alpha value is -2.94. The van der Waals surface area contributed by atoms with E-state index in [2.05, 4.69) is 117 Å². The first-order valence-electron chi connectivity index (χ1n) is 10.4. The van der Waals surface area contributed by atoms with Gasteiger partial charge in [0.25, 0.3) is 0 Å². The quantitative estimate of drug-likeness (QED) is 0.429. The Labute approximate surface area is 173 Å². The largest absolute Gasteiger partial charge is 0.218 e. The number of benzene rings is 2. The molecule has 29 heavy (non-hydrogen) atoms. The fourth-order valence-electron chi connectivity index (χ4n) is 4.76. The molecule has 0 aliphatic heterocycles. The highest BCUT2D eigenvalue weighted by Gasteiger charge is 2.26. The average Bonchev–Trinajstić information content (AvgIpc) is 3.04. The molecule has 2 aromatic heterocycles. The normalized spacial score (nSPS) is 11.6. The maximum absolute atomic E-state index is 2.42. The number of aromatic nitrogens is 3. The summed E-state index contributed by atoms with van der Waals surface area (Å²) in [7, 11) is 2.16. The zero-order valence-corrected chi connectivity index (χ0v) is 18.6. The number of aryl methyl sites for hydroxylation is 3. The minimum absolute atomic E-state index is 0.425. The van der Waals surface area contributed by atoms with Crippen LogP contribution in [0.4, 0.5) is 0 Å². The lowest BCUT2D eigenvalue weighted by molar-refractivity contribution is -0.789. The molecule has 0 bridgehead atoms. The molecule has 0 saturated carbocycles. The van der Waals surface area contributed by atoms with E-state index in [1.54, 1.807) is 0 Å². The minimum Gasteiger partial charge on any atom is -0.157 e. The van der Waals surface area contributed by atoms with Gasteiger partial charge in [-0.05, 0) is 58.4 Å². The fraction of sp³-hybridized carbons (Fsp3) is 0.308. The van der Waals surface area contributed by atoms with E-state index in [1.807, 2.05) is 0 Å². The zero-order valence-electron chi connectivity index (χ0n) is 18.6. The second-order valence-corrected chi connectivity index (χ2v) is 8.43. The summed E-state index contributed by atoms with van der Waals surface area (Å²) >= 11 is 0. The van der Waals surface area contributed by atoms with Crippen molar-refractivity contribution in [3.63, 3.8) is 0 Å². The van der Waals surface area contributed by atoms with Crippen LogP contribution in [0.25, 0.3) is 27.8 Å². The summed E-state index contributed by atoms with van der Waals surface area (Å²) in [5.74, 6) is 0. The van der Waals surface area contributed by atoms with Gasteiger partial charge in [0, 0.05) is 47.2 Å². The Morgan fingerprint density at radius 3 is 2.28 bits per heavy atom. The molecular weight excluding hydrogens is 354 g/mol. The number of nitrogens with zero attached hydrogens (tertiary/aromatic N) is 3. The van der Waals surface area contributed by atoms with Crippen LogP contribution in [0.15, 0.2) is 54.7 Å². The Kier molecular flexibility index (Phi) is 4.77. The molecule has 0 spiro atoms. The fourth-order valence-corrected chi connectivity index (χ4v) is 4.76. The van der Waals surface area contributed by atoms with Crippen molar-refractivity contribution < 1.29 is 9.25 Å². The van der Waals surface area contributed by atoms with Gasteiger partial charge in [-0.3, -0.25) is 0 Å². The summed E-state index contributed by atoms with van der Waals surface area (Å²) in [6.07, 6.45) is 2.19. The summed E-state index contributed by atoms with van der Waals surface area (Å²) in [6.45, 7) is 13.4.